The lowest BCUT2D eigenvalue weighted by Crippen LogP contribution is -2.20. The first-order valence-corrected chi connectivity index (χ1v) is 6.27. The molecule has 0 amide bonds. The van der Waals surface area contributed by atoms with Gasteiger partial charge in [-0.1, -0.05) is 18.2 Å². The lowest BCUT2D eigenvalue weighted by Gasteiger charge is -2.07. The summed E-state index contributed by atoms with van der Waals surface area (Å²) in [5.74, 6) is 0. The lowest BCUT2D eigenvalue weighted by atomic mass is 10.1. The number of hydrogen-bond donors (Lipinski definition) is 3. The summed E-state index contributed by atoms with van der Waals surface area (Å²) in [6.45, 7) is 2.68. The molecule has 1 heterocycles. The number of hydrogen-bond acceptors (Lipinski definition) is 3. The molecule has 0 saturated heterocycles. The van der Waals surface area contributed by atoms with Crippen LogP contribution < -0.4 is 16.2 Å². The van der Waals surface area contributed by atoms with E-state index in [4.69, 9.17) is 0 Å². The third-order valence-corrected chi connectivity index (χ3v) is 2.93. The average molecular weight is 245 g/mol. The zero-order valence-corrected chi connectivity index (χ0v) is 10.6. The zero-order valence-electron chi connectivity index (χ0n) is 10.6. The maximum Gasteiger partial charge on any atom is 0.248 e. The molecule has 0 unspecified atom stereocenters. The Kier molecular flexibility index (Phi) is 4.50. The molecule has 0 saturated carbocycles. The van der Waals surface area contributed by atoms with Crippen molar-refractivity contribution in [3.63, 3.8) is 0 Å². The Hall–Kier alpha value is -1.65. The number of pyridine rings is 1. The lowest BCUT2D eigenvalue weighted by molar-refractivity contribution is 0.626. The summed E-state index contributed by atoms with van der Waals surface area (Å²) in [7, 11) is 1.95. The molecule has 2 rings (SSSR count). The Morgan fingerprint density at radius 2 is 2.06 bits per heavy atom. The van der Waals surface area contributed by atoms with Crippen LogP contribution in [0.5, 0.6) is 0 Å². The van der Waals surface area contributed by atoms with Crippen molar-refractivity contribution in [2.45, 2.75) is 13.0 Å². The van der Waals surface area contributed by atoms with Crippen molar-refractivity contribution in [1.82, 2.24) is 15.6 Å². The molecule has 0 spiro atoms. The van der Waals surface area contributed by atoms with Crippen LogP contribution >= 0.6 is 0 Å². The van der Waals surface area contributed by atoms with Crippen molar-refractivity contribution >= 4 is 10.9 Å². The van der Waals surface area contributed by atoms with Crippen LogP contribution in [0, 0.1) is 0 Å². The highest BCUT2D eigenvalue weighted by Gasteiger charge is 2.02. The molecule has 4 heteroatoms. The van der Waals surface area contributed by atoms with Gasteiger partial charge >= 0.3 is 0 Å². The molecule has 0 radical (unpaired) electrons. The van der Waals surface area contributed by atoms with Gasteiger partial charge < -0.3 is 15.6 Å². The highest BCUT2D eigenvalue weighted by atomic mass is 16.1. The van der Waals surface area contributed by atoms with Crippen LogP contribution in [0.3, 0.4) is 0 Å². The van der Waals surface area contributed by atoms with Crippen LogP contribution in [0.1, 0.15) is 12.0 Å². The molecule has 96 valence electrons. The smallest absolute Gasteiger partial charge is 0.248 e. The number of fused-ring (bicyclic) bond motifs is 1. The summed E-state index contributed by atoms with van der Waals surface area (Å²) < 4.78 is 0. The number of H-pyrrole nitrogens is 1. The molecular weight excluding hydrogens is 226 g/mol. The molecule has 0 aliphatic heterocycles. The first-order chi connectivity index (χ1) is 8.81. The number of aromatic amines is 1. The standard InChI is InChI=1S/C14H19N3O/c1-15-7-4-8-16-10-11-9-14(18)17-13-6-3-2-5-12(11)13/h2-3,5-6,9,15-16H,4,7-8,10H2,1H3,(H,17,18). The number of rotatable bonds is 6. The Labute approximate surface area is 106 Å². The predicted molar refractivity (Wildman–Crippen MR) is 74.8 cm³/mol. The Balaban J connectivity index is 2.10. The van der Waals surface area contributed by atoms with Gasteiger partial charge in [0.1, 0.15) is 0 Å². The molecular formula is C14H19N3O. The average Bonchev–Trinajstić information content (AvgIpc) is 2.38. The van der Waals surface area contributed by atoms with Crippen molar-refractivity contribution in [1.29, 1.82) is 0 Å². The molecule has 0 bridgehead atoms. The summed E-state index contributed by atoms with van der Waals surface area (Å²) in [6, 6.07) is 9.57. The van der Waals surface area contributed by atoms with Crippen LogP contribution in [0.2, 0.25) is 0 Å². The maximum absolute atomic E-state index is 11.5. The van der Waals surface area contributed by atoms with Crippen LogP contribution in [-0.2, 0) is 6.54 Å². The van der Waals surface area contributed by atoms with Crippen LogP contribution in [-0.4, -0.2) is 25.1 Å². The van der Waals surface area contributed by atoms with E-state index in [0.717, 1.165) is 42.5 Å². The van der Waals surface area contributed by atoms with Gasteiger partial charge in [0.15, 0.2) is 0 Å². The summed E-state index contributed by atoms with van der Waals surface area (Å²) in [4.78, 5) is 14.4. The monoisotopic (exact) mass is 245 g/mol. The van der Waals surface area contributed by atoms with E-state index in [-0.39, 0.29) is 5.56 Å². The van der Waals surface area contributed by atoms with Crippen LogP contribution in [0.4, 0.5) is 0 Å². The minimum Gasteiger partial charge on any atom is -0.322 e. The second kappa shape index (κ2) is 6.33. The van der Waals surface area contributed by atoms with Gasteiger partial charge in [0.05, 0.1) is 0 Å². The minimum atomic E-state index is -0.0410. The summed E-state index contributed by atoms with van der Waals surface area (Å²) in [6.07, 6.45) is 1.08. The third kappa shape index (κ3) is 3.18. The largest absolute Gasteiger partial charge is 0.322 e. The minimum absolute atomic E-state index is 0.0410. The Morgan fingerprint density at radius 1 is 1.22 bits per heavy atom. The van der Waals surface area contributed by atoms with E-state index in [9.17, 15) is 4.79 Å². The second-order valence-corrected chi connectivity index (χ2v) is 4.34. The van der Waals surface area contributed by atoms with E-state index < -0.39 is 0 Å². The van der Waals surface area contributed by atoms with Gasteiger partial charge in [-0.15, -0.1) is 0 Å². The van der Waals surface area contributed by atoms with E-state index in [1.54, 1.807) is 6.07 Å². The van der Waals surface area contributed by atoms with E-state index in [2.05, 4.69) is 15.6 Å². The molecule has 3 N–H and O–H groups in total. The van der Waals surface area contributed by atoms with E-state index in [1.165, 1.54) is 0 Å². The SMILES string of the molecule is CNCCCNCc1cc(=O)[nH]c2ccccc12. The third-order valence-electron chi connectivity index (χ3n) is 2.93. The molecule has 0 aliphatic rings. The molecule has 0 fully saturated rings. The fourth-order valence-corrected chi connectivity index (χ4v) is 2.04. The van der Waals surface area contributed by atoms with Crippen LogP contribution in [0.15, 0.2) is 35.1 Å². The van der Waals surface area contributed by atoms with Gasteiger partial charge in [0.2, 0.25) is 5.56 Å². The quantitative estimate of drug-likeness (QED) is 0.671. The highest BCUT2D eigenvalue weighted by molar-refractivity contribution is 5.81. The summed E-state index contributed by atoms with van der Waals surface area (Å²) in [5.41, 5.74) is 1.91. The Bertz CT molecular complexity index is 562. The number of benzene rings is 1. The van der Waals surface area contributed by atoms with Crippen LogP contribution in [0.25, 0.3) is 10.9 Å². The van der Waals surface area contributed by atoms with Gasteiger partial charge in [0.25, 0.3) is 0 Å². The van der Waals surface area contributed by atoms with Gasteiger partial charge in [-0.05, 0) is 38.2 Å². The van der Waals surface area contributed by atoms with Crippen molar-refractivity contribution in [3.8, 4) is 0 Å². The fraction of sp³-hybridized carbons (Fsp3) is 0.357. The number of nitrogens with one attached hydrogen (secondary N) is 3. The van der Waals surface area contributed by atoms with Gasteiger partial charge in [-0.2, -0.15) is 0 Å². The molecule has 4 nitrogen and oxygen atoms in total. The Morgan fingerprint density at radius 3 is 2.89 bits per heavy atom. The molecule has 18 heavy (non-hydrogen) atoms. The number of aromatic nitrogens is 1. The van der Waals surface area contributed by atoms with E-state index in [0.29, 0.717) is 0 Å². The normalized spacial score (nSPS) is 10.9. The molecule has 0 atom stereocenters. The molecule has 1 aromatic carbocycles. The van der Waals surface area contributed by atoms with Crippen molar-refractivity contribution in [3.05, 3.63) is 46.2 Å². The van der Waals surface area contributed by atoms with E-state index in [1.807, 2.05) is 31.3 Å². The summed E-state index contributed by atoms with van der Waals surface area (Å²) in [5, 5.41) is 7.58. The fourth-order valence-electron chi connectivity index (χ4n) is 2.04. The highest BCUT2D eigenvalue weighted by Crippen LogP contribution is 2.13. The van der Waals surface area contributed by atoms with E-state index >= 15 is 0 Å². The molecule has 0 aliphatic carbocycles. The van der Waals surface area contributed by atoms with Crippen molar-refractivity contribution < 1.29 is 0 Å². The zero-order chi connectivity index (χ0) is 12.8. The van der Waals surface area contributed by atoms with Crippen molar-refractivity contribution in [2.75, 3.05) is 20.1 Å². The molecule has 1 aromatic heterocycles. The topological polar surface area (TPSA) is 56.9 Å². The molecule has 2 aromatic rings. The number of para-hydroxylation sites is 1. The first-order valence-electron chi connectivity index (χ1n) is 6.27. The summed E-state index contributed by atoms with van der Waals surface area (Å²) >= 11 is 0. The second-order valence-electron chi connectivity index (χ2n) is 4.34. The van der Waals surface area contributed by atoms with Gasteiger partial charge in [-0.25, -0.2) is 0 Å². The first kappa shape index (κ1) is 12.8. The van der Waals surface area contributed by atoms with Gasteiger partial charge in [0, 0.05) is 23.5 Å². The van der Waals surface area contributed by atoms with Crippen molar-refractivity contribution in [2.24, 2.45) is 0 Å². The predicted octanol–water partition coefficient (Wildman–Crippen LogP) is 1.23. The van der Waals surface area contributed by atoms with Gasteiger partial charge in [-0.3, -0.25) is 4.79 Å². The maximum atomic E-state index is 11.5.